The van der Waals surface area contributed by atoms with Gasteiger partial charge < -0.3 is 10.1 Å². The van der Waals surface area contributed by atoms with E-state index < -0.39 is 17.7 Å². The second-order valence-corrected chi connectivity index (χ2v) is 8.82. The lowest BCUT2D eigenvalue weighted by molar-refractivity contribution is -0.144. The molecule has 1 aromatic carbocycles. The maximum Gasteiger partial charge on any atom is 0.416 e. The van der Waals surface area contributed by atoms with Gasteiger partial charge in [-0.1, -0.05) is 12.1 Å². The summed E-state index contributed by atoms with van der Waals surface area (Å²) in [4.78, 5) is 11.9. The van der Waals surface area contributed by atoms with Gasteiger partial charge >= 0.3 is 12.1 Å². The van der Waals surface area contributed by atoms with E-state index in [1.165, 1.54) is 12.1 Å². The predicted molar refractivity (Wildman–Crippen MR) is 107 cm³/mol. The van der Waals surface area contributed by atoms with Crippen LogP contribution in [0, 0.1) is 5.92 Å². The van der Waals surface area contributed by atoms with Crippen LogP contribution in [0.4, 0.5) is 22.0 Å². The molecule has 0 spiro atoms. The Morgan fingerprint density at radius 1 is 1.10 bits per heavy atom. The summed E-state index contributed by atoms with van der Waals surface area (Å²) in [6.45, 7) is 2.06. The molecule has 3 atom stereocenters. The fourth-order valence-electron chi connectivity index (χ4n) is 4.90. The first-order valence-electron chi connectivity index (χ1n) is 11.0. The maximum absolute atomic E-state index is 13.5. The first-order chi connectivity index (χ1) is 14.6. The Hall–Kier alpha value is -1.70. The summed E-state index contributed by atoms with van der Waals surface area (Å²) in [5.74, 6) is -2.87. The van der Waals surface area contributed by atoms with E-state index in [9.17, 15) is 26.7 Å². The van der Waals surface area contributed by atoms with Gasteiger partial charge in [-0.25, -0.2) is 8.78 Å². The SMILES string of the molecule is CCOC(=O)C[C@@H]1CC[C@@H](NC2CCC(F)(F)CC2)[C@H](c2ccc(C(F)(F)F)cc2)C1. The van der Waals surface area contributed by atoms with E-state index in [2.05, 4.69) is 5.32 Å². The molecule has 2 fully saturated rings. The summed E-state index contributed by atoms with van der Waals surface area (Å²) in [5, 5.41) is 3.52. The molecule has 0 bridgehead atoms. The number of alkyl halides is 5. The molecule has 3 nitrogen and oxygen atoms in total. The van der Waals surface area contributed by atoms with Crippen molar-refractivity contribution < 1.29 is 31.5 Å². The molecule has 0 aromatic heterocycles. The Kier molecular flexibility index (Phi) is 7.60. The third kappa shape index (κ3) is 6.64. The zero-order chi connectivity index (χ0) is 22.6. The second-order valence-electron chi connectivity index (χ2n) is 8.82. The Bertz CT molecular complexity index is 724. The van der Waals surface area contributed by atoms with E-state index >= 15 is 0 Å². The number of ether oxygens (including phenoxy) is 1. The summed E-state index contributed by atoms with van der Waals surface area (Å²) < 4.78 is 71.0. The molecule has 0 heterocycles. The largest absolute Gasteiger partial charge is 0.466 e. The van der Waals surface area contributed by atoms with Gasteiger partial charge in [0.25, 0.3) is 0 Å². The van der Waals surface area contributed by atoms with Gasteiger partial charge in [0.05, 0.1) is 12.2 Å². The standard InChI is InChI=1S/C23H30F5NO2/c1-2-31-21(30)14-15-3-8-20(29-18-9-11-22(24,25)12-10-18)19(13-15)16-4-6-17(7-5-16)23(26,27)28/h4-7,15,18-20,29H,2-3,8-14H2,1H3/t15-,19+,20-/m1/s1. The Morgan fingerprint density at radius 2 is 1.74 bits per heavy atom. The molecule has 8 heteroatoms. The average Bonchev–Trinajstić information content (AvgIpc) is 2.70. The minimum Gasteiger partial charge on any atom is -0.466 e. The van der Waals surface area contributed by atoms with Crippen molar-refractivity contribution in [3.8, 4) is 0 Å². The first-order valence-corrected chi connectivity index (χ1v) is 11.0. The number of carbonyl (C=O) groups is 1. The normalized spacial score (nSPS) is 27.1. The lowest BCUT2D eigenvalue weighted by Crippen LogP contribution is -2.47. The number of halogens is 5. The Labute approximate surface area is 179 Å². The van der Waals surface area contributed by atoms with Crippen LogP contribution < -0.4 is 5.32 Å². The van der Waals surface area contributed by atoms with Crippen LogP contribution in [0.3, 0.4) is 0 Å². The molecule has 1 aromatic rings. The van der Waals surface area contributed by atoms with Gasteiger partial charge in [0.15, 0.2) is 0 Å². The fraction of sp³-hybridized carbons (Fsp3) is 0.696. The van der Waals surface area contributed by atoms with Crippen LogP contribution in [-0.4, -0.2) is 30.6 Å². The highest BCUT2D eigenvalue weighted by Crippen LogP contribution is 2.41. The van der Waals surface area contributed by atoms with Crippen LogP contribution in [0.2, 0.25) is 0 Å². The number of rotatable bonds is 6. The molecule has 0 amide bonds. The van der Waals surface area contributed by atoms with E-state index in [1.54, 1.807) is 6.92 Å². The first kappa shape index (κ1) is 24.0. The molecule has 174 valence electrons. The van der Waals surface area contributed by atoms with Crippen LogP contribution in [-0.2, 0) is 15.7 Å². The van der Waals surface area contributed by atoms with Gasteiger partial charge in [-0.2, -0.15) is 13.2 Å². The third-order valence-corrected chi connectivity index (χ3v) is 6.55. The molecule has 0 aliphatic heterocycles. The quantitative estimate of drug-likeness (QED) is 0.424. The molecule has 2 aliphatic carbocycles. The van der Waals surface area contributed by atoms with Crippen molar-refractivity contribution in [2.24, 2.45) is 5.92 Å². The van der Waals surface area contributed by atoms with Crippen molar-refractivity contribution in [1.29, 1.82) is 0 Å². The van der Waals surface area contributed by atoms with Crippen LogP contribution in [0.5, 0.6) is 0 Å². The number of hydrogen-bond acceptors (Lipinski definition) is 3. The molecule has 2 saturated carbocycles. The van der Waals surface area contributed by atoms with Gasteiger partial charge in [0, 0.05) is 31.3 Å². The van der Waals surface area contributed by atoms with Crippen molar-refractivity contribution >= 4 is 5.97 Å². The summed E-state index contributed by atoms with van der Waals surface area (Å²) in [7, 11) is 0. The highest BCUT2D eigenvalue weighted by Gasteiger charge is 2.39. The molecule has 2 aliphatic rings. The van der Waals surface area contributed by atoms with Gasteiger partial charge in [-0.15, -0.1) is 0 Å². The second kappa shape index (κ2) is 9.84. The van der Waals surface area contributed by atoms with E-state index in [0.717, 1.165) is 30.5 Å². The third-order valence-electron chi connectivity index (χ3n) is 6.55. The lowest BCUT2D eigenvalue weighted by Gasteiger charge is -2.40. The van der Waals surface area contributed by atoms with Gasteiger partial charge in [-0.3, -0.25) is 4.79 Å². The summed E-state index contributed by atoms with van der Waals surface area (Å²) >= 11 is 0. The van der Waals surface area contributed by atoms with Crippen molar-refractivity contribution in [3.63, 3.8) is 0 Å². The molecule has 0 saturated heterocycles. The van der Waals surface area contributed by atoms with Crippen LogP contribution in [0.15, 0.2) is 24.3 Å². The van der Waals surface area contributed by atoms with Crippen molar-refractivity contribution in [2.75, 3.05) is 6.61 Å². The Morgan fingerprint density at radius 3 is 2.32 bits per heavy atom. The number of carbonyl (C=O) groups excluding carboxylic acids is 1. The number of nitrogens with one attached hydrogen (secondary N) is 1. The predicted octanol–water partition coefficient (Wildman–Crippen LogP) is 6.08. The number of esters is 1. The summed E-state index contributed by atoms with van der Waals surface area (Å²) in [6.07, 6.45) is -1.47. The monoisotopic (exact) mass is 447 g/mol. The minimum atomic E-state index is -4.40. The lowest BCUT2D eigenvalue weighted by atomic mass is 9.73. The molecular weight excluding hydrogens is 417 g/mol. The topological polar surface area (TPSA) is 38.3 Å². The van der Waals surface area contributed by atoms with E-state index in [0.29, 0.717) is 25.9 Å². The molecule has 0 unspecified atom stereocenters. The number of hydrogen-bond donors (Lipinski definition) is 1. The zero-order valence-corrected chi connectivity index (χ0v) is 17.7. The molecule has 1 N–H and O–H groups in total. The molecular formula is C23H30F5NO2. The number of benzene rings is 1. The summed E-state index contributed by atoms with van der Waals surface area (Å²) in [5.41, 5.74) is 0.0781. The highest BCUT2D eigenvalue weighted by molar-refractivity contribution is 5.69. The van der Waals surface area contributed by atoms with Crippen LogP contribution >= 0.6 is 0 Å². The van der Waals surface area contributed by atoms with Crippen molar-refractivity contribution in [2.45, 2.75) is 88.4 Å². The van der Waals surface area contributed by atoms with Crippen LogP contribution in [0.25, 0.3) is 0 Å². The molecule has 31 heavy (non-hydrogen) atoms. The van der Waals surface area contributed by atoms with Crippen molar-refractivity contribution in [3.05, 3.63) is 35.4 Å². The van der Waals surface area contributed by atoms with Crippen LogP contribution in [0.1, 0.15) is 75.3 Å². The average molecular weight is 447 g/mol. The zero-order valence-electron chi connectivity index (χ0n) is 17.7. The van der Waals surface area contributed by atoms with Gasteiger partial charge in [0.1, 0.15) is 0 Å². The molecule has 3 rings (SSSR count). The van der Waals surface area contributed by atoms with E-state index in [4.69, 9.17) is 4.74 Å². The summed E-state index contributed by atoms with van der Waals surface area (Å²) in [6, 6.07) is 5.13. The molecule has 0 radical (unpaired) electrons. The van der Waals surface area contributed by atoms with E-state index in [-0.39, 0.29) is 49.2 Å². The van der Waals surface area contributed by atoms with E-state index in [1.807, 2.05) is 0 Å². The maximum atomic E-state index is 13.5. The highest BCUT2D eigenvalue weighted by atomic mass is 19.4. The minimum absolute atomic E-state index is 0.0214. The smallest absolute Gasteiger partial charge is 0.416 e. The Balaban J connectivity index is 1.73. The van der Waals surface area contributed by atoms with Crippen molar-refractivity contribution in [1.82, 2.24) is 5.32 Å². The fourth-order valence-corrected chi connectivity index (χ4v) is 4.90. The van der Waals surface area contributed by atoms with Gasteiger partial charge in [-0.05, 0) is 68.6 Å². The van der Waals surface area contributed by atoms with Gasteiger partial charge in [0.2, 0.25) is 5.92 Å².